The third-order valence-corrected chi connectivity index (χ3v) is 5.63. The van der Waals surface area contributed by atoms with Gasteiger partial charge >= 0.3 is 17.8 Å². The number of rotatable bonds is 5. The monoisotopic (exact) mass is 547 g/mol. The lowest BCUT2D eigenvalue weighted by Gasteiger charge is -2.09. The Bertz CT molecular complexity index is 1260. The van der Waals surface area contributed by atoms with Crippen molar-refractivity contribution in [2.24, 2.45) is 5.10 Å². The van der Waals surface area contributed by atoms with Crippen molar-refractivity contribution >= 4 is 68.8 Å². The Morgan fingerprint density at radius 3 is 2.52 bits per heavy atom. The molecule has 0 saturated heterocycles. The van der Waals surface area contributed by atoms with E-state index in [1.54, 1.807) is 55.5 Å². The average Bonchev–Trinajstić information content (AvgIpc) is 2.78. The number of nitrogens with zero attached hydrogens (tertiary/aromatic N) is 1. The fourth-order valence-corrected chi connectivity index (χ4v) is 3.39. The molecule has 0 fully saturated rings. The highest BCUT2D eigenvalue weighted by atomic mass is 79.9. The summed E-state index contributed by atoms with van der Waals surface area (Å²) in [5.74, 6) is -2.33. The average molecular weight is 549 g/mol. The van der Waals surface area contributed by atoms with Crippen LogP contribution >= 0.6 is 39.1 Å². The normalized spacial score (nSPS) is 10.7. The number of anilines is 1. The van der Waals surface area contributed by atoms with Gasteiger partial charge in [0, 0.05) is 10.0 Å². The molecule has 0 heterocycles. The summed E-state index contributed by atoms with van der Waals surface area (Å²) in [4.78, 5) is 36.7. The molecule has 3 aromatic rings. The highest BCUT2D eigenvalue weighted by molar-refractivity contribution is 9.10. The van der Waals surface area contributed by atoms with Crippen LogP contribution in [-0.4, -0.2) is 24.0 Å². The van der Waals surface area contributed by atoms with Gasteiger partial charge in [0.1, 0.15) is 5.75 Å². The van der Waals surface area contributed by atoms with Crippen molar-refractivity contribution in [1.82, 2.24) is 5.43 Å². The van der Waals surface area contributed by atoms with Crippen LogP contribution in [0.15, 0.2) is 70.2 Å². The van der Waals surface area contributed by atoms with Crippen molar-refractivity contribution in [2.75, 3.05) is 5.32 Å². The number of hydrogen-bond donors (Lipinski definition) is 2. The third-order valence-electron chi connectivity index (χ3n) is 4.32. The minimum atomic E-state index is -1.03. The van der Waals surface area contributed by atoms with Gasteiger partial charge in [-0.05, 0) is 48.9 Å². The smallest absolute Gasteiger partial charge is 0.343 e. The van der Waals surface area contributed by atoms with Crippen LogP contribution < -0.4 is 15.5 Å². The number of halogens is 3. The van der Waals surface area contributed by atoms with Crippen LogP contribution in [-0.2, 0) is 9.59 Å². The van der Waals surface area contributed by atoms with Gasteiger partial charge < -0.3 is 10.1 Å². The standard InChI is InChI=1S/C23H16BrCl2N3O4/c1-13-5-2-3-6-16(13)23(32)33-19-10-9-15(24)11-14(19)12-27-29-22(31)21(30)28-18-8-4-7-17(25)20(18)26/h2-12H,1H3,(H,28,30)(H,29,31). The molecule has 0 unspecified atom stereocenters. The summed E-state index contributed by atoms with van der Waals surface area (Å²) < 4.78 is 6.20. The van der Waals surface area contributed by atoms with Crippen molar-refractivity contribution in [1.29, 1.82) is 0 Å². The quantitative estimate of drug-likeness (QED) is 0.147. The van der Waals surface area contributed by atoms with E-state index in [4.69, 9.17) is 27.9 Å². The molecular weight excluding hydrogens is 533 g/mol. The second-order valence-corrected chi connectivity index (χ2v) is 8.34. The maximum atomic E-state index is 12.5. The van der Waals surface area contributed by atoms with Crippen molar-refractivity contribution < 1.29 is 19.1 Å². The van der Waals surface area contributed by atoms with E-state index in [0.717, 1.165) is 5.56 Å². The molecule has 10 heteroatoms. The minimum absolute atomic E-state index is 0.109. The second kappa shape index (κ2) is 11.1. The van der Waals surface area contributed by atoms with Crippen molar-refractivity contribution in [3.8, 4) is 5.75 Å². The predicted octanol–water partition coefficient (Wildman–Crippen LogP) is 5.37. The van der Waals surface area contributed by atoms with E-state index in [-0.39, 0.29) is 21.5 Å². The zero-order chi connectivity index (χ0) is 24.0. The number of ether oxygens (including phenoxy) is 1. The first-order valence-corrected chi connectivity index (χ1v) is 11.0. The summed E-state index contributed by atoms with van der Waals surface area (Å²) in [6, 6.07) is 16.6. The van der Waals surface area contributed by atoms with Gasteiger partial charge in [-0.15, -0.1) is 0 Å². The van der Waals surface area contributed by atoms with E-state index in [9.17, 15) is 14.4 Å². The molecule has 0 aliphatic carbocycles. The predicted molar refractivity (Wildman–Crippen MR) is 131 cm³/mol. The minimum Gasteiger partial charge on any atom is -0.422 e. The number of nitrogens with one attached hydrogen (secondary N) is 2. The fraction of sp³-hybridized carbons (Fsp3) is 0.0435. The van der Waals surface area contributed by atoms with E-state index >= 15 is 0 Å². The molecule has 0 spiro atoms. The molecule has 7 nitrogen and oxygen atoms in total. The molecule has 3 rings (SSSR count). The summed E-state index contributed by atoms with van der Waals surface area (Å²) in [6.45, 7) is 1.80. The van der Waals surface area contributed by atoms with E-state index in [2.05, 4.69) is 31.8 Å². The highest BCUT2D eigenvalue weighted by Gasteiger charge is 2.16. The number of aryl methyl sites for hydroxylation is 1. The highest BCUT2D eigenvalue weighted by Crippen LogP contribution is 2.29. The van der Waals surface area contributed by atoms with Crippen molar-refractivity contribution in [3.05, 3.63) is 91.9 Å². The Kier molecular flexibility index (Phi) is 8.21. The molecule has 0 bridgehead atoms. The van der Waals surface area contributed by atoms with Crippen LogP contribution in [0.4, 0.5) is 5.69 Å². The van der Waals surface area contributed by atoms with E-state index < -0.39 is 17.8 Å². The number of benzene rings is 3. The molecule has 0 radical (unpaired) electrons. The summed E-state index contributed by atoms with van der Waals surface area (Å²) in [6.07, 6.45) is 1.25. The molecule has 2 amide bonds. The largest absolute Gasteiger partial charge is 0.422 e. The maximum Gasteiger partial charge on any atom is 0.343 e. The number of carbonyl (C=O) groups is 3. The molecular formula is C23H16BrCl2N3O4. The molecule has 3 aromatic carbocycles. The summed E-state index contributed by atoms with van der Waals surface area (Å²) >= 11 is 15.2. The van der Waals surface area contributed by atoms with Gasteiger partial charge in [-0.2, -0.15) is 5.10 Å². The lowest BCUT2D eigenvalue weighted by atomic mass is 10.1. The van der Waals surface area contributed by atoms with E-state index in [0.29, 0.717) is 15.6 Å². The molecule has 0 aliphatic heterocycles. The Labute approximate surface area is 207 Å². The van der Waals surface area contributed by atoms with Gasteiger partial charge in [0.15, 0.2) is 0 Å². The molecule has 0 aliphatic rings. The van der Waals surface area contributed by atoms with Crippen LogP contribution in [0.1, 0.15) is 21.5 Å². The number of amides is 2. The molecule has 33 heavy (non-hydrogen) atoms. The summed E-state index contributed by atoms with van der Waals surface area (Å²) in [7, 11) is 0. The first-order valence-electron chi connectivity index (χ1n) is 9.42. The van der Waals surface area contributed by atoms with Gasteiger partial charge in [-0.25, -0.2) is 10.2 Å². The Morgan fingerprint density at radius 1 is 1.00 bits per heavy atom. The van der Waals surface area contributed by atoms with Crippen LogP contribution in [0.5, 0.6) is 5.75 Å². The van der Waals surface area contributed by atoms with Crippen LogP contribution in [0.25, 0.3) is 0 Å². The van der Waals surface area contributed by atoms with Gasteiger partial charge in [-0.1, -0.05) is 63.4 Å². The number of hydrogen-bond acceptors (Lipinski definition) is 5. The molecule has 0 atom stereocenters. The van der Waals surface area contributed by atoms with Crippen LogP contribution in [0, 0.1) is 6.92 Å². The van der Waals surface area contributed by atoms with Crippen LogP contribution in [0.2, 0.25) is 10.0 Å². The van der Waals surface area contributed by atoms with Crippen molar-refractivity contribution in [3.63, 3.8) is 0 Å². The van der Waals surface area contributed by atoms with E-state index in [1.807, 2.05) is 6.07 Å². The topological polar surface area (TPSA) is 96.9 Å². The molecule has 168 valence electrons. The second-order valence-electron chi connectivity index (χ2n) is 6.64. The van der Waals surface area contributed by atoms with Gasteiger partial charge in [0.25, 0.3) is 0 Å². The summed E-state index contributed by atoms with van der Waals surface area (Å²) in [5.41, 5.74) is 3.89. The van der Waals surface area contributed by atoms with Crippen LogP contribution in [0.3, 0.4) is 0 Å². The first kappa shape index (κ1) is 24.4. The number of hydrazone groups is 1. The summed E-state index contributed by atoms with van der Waals surface area (Å²) in [5, 5.41) is 6.48. The lowest BCUT2D eigenvalue weighted by molar-refractivity contribution is -0.136. The van der Waals surface area contributed by atoms with Gasteiger partial charge in [0.05, 0.1) is 27.5 Å². The third kappa shape index (κ3) is 6.41. The molecule has 2 N–H and O–H groups in total. The van der Waals surface area contributed by atoms with Gasteiger partial charge in [-0.3, -0.25) is 9.59 Å². The first-order chi connectivity index (χ1) is 15.8. The lowest BCUT2D eigenvalue weighted by Crippen LogP contribution is -2.32. The molecule has 0 aromatic heterocycles. The number of esters is 1. The Hall–Kier alpha value is -3.20. The SMILES string of the molecule is Cc1ccccc1C(=O)Oc1ccc(Br)cc1C=NNC(=O)C(=O)Nc1cccc(Cl)c1Cl. The Morgan fingerprint density at radius 2 is 1.76 bits per heavy atom. The molecule has 0 saturated carbocycles. The van der Waals surface area contributed by atoms with Gasteiger partial charge in [0.2, 0.25) is 0 Å². The maximum absolute atomic E-state index is 12.5. The Balaban J connectivity index is 1.69. The fourth-order valence-electron chi connectivity index (χ4n) is 2.66. The van der Waals surface area contributed by atoms with Crippen molar-refractivity contribution in [2.45, 2.75) is 6.92 Å². The zero-order valence-electron chi connectivity index (χ0n) is 17.1. The van der Waals surface area contributed by atoms with E-state index in [1.165, 1.54) is 12.3 Å². The zero-order valence-corrected chi connectivity index (χ0v) is 20.2. The number of carbonyl (C=O) groups excluding carboxylic acids is 3.